The third-order valence-electron chi connectivity index (χ3n) is 3.36. The second-order valence-electron chi connectivity index (χ2n) is 5.45. The molecule has 0 fully saturated rings. The van der Waals surface area contributed by atoms with Crippen LogP contribution in [0, 0.1) is 5.92 Å². The summed E-state index contributed by atoms with van der Waals surface area (Å²) in [6.07, 6.45) is 3.48. The SMILES string of the molecule is CSC(C)NCCOc1cccc(CCC(=O)C(C)C)c1. The lowest BCUT2D eigenvalue weighted by Crippen LogP contribution is -2.27. The molecule has 0 radical (unpaired) electrons. The lowest BCUT2D eigenvalue weighted by molar-refractivity contribution is -0.121. The van der Waals surface area contributed by atoms with E-state index in [9.17, 15) is 4.79 Å². The van der Waals surface area contributed by atoms with E-state index in [-0.39, 0.29) is 5.92 Å². The van der Waals surface area contributed by atoms with Crippen LogP contribution < -0.4 is 10.1 Å². The van der Waals surface area contributed by atoms with Gasteiger partial charge < -0.3 is 10.1 Å². The molecule has 3 nitrogen and oxygen atoms in total. The average Bonchev–Trinajstić information content (AvgIpc) is 2.49. The summed E-state index contributed by atoms with van der Waals surface area (Å²) in [5.74, 6) is 1.31. The molecule has 1 atom stereocenters. The molecule has 0 heterocycles. The van der Waals surface area contributed by atoms with Crippen molar-refractivity contribution in [3.05, 3.63) is 29.8 Å². The molecule has 1 N–H and O–H groups in total. The Bertz CT molecular complexity index is 435. The van der Waals surface area contributed by atoms with E-state index >= 15 is 0 Å². The van der Waals surface area contributed by atoms with Gasteiger partial charge in [0.25, 0.3) is 0 Å². The Morgan fingerprint density at radius 1 is 1.33 bits per heavy atom. The van der Waals surface area contributed by atoms with Crippen LogP contribution in [0.1, 0.15) is 32.8 Å². The second kappa shape index (κ2) is 9.85. The minimum atomic E-state index is 0.119. The van der Waals surface area contributed by atoms with Crippen molar-refractivity contribution in [3.8, 4) is 5.75 Å². The first kappa shape index (κ1) is 18.1. The molecule has 118 valence electrons. The summed E-state index contributed by atoms with van der Waals surface area (Å²) in [6, 6.07) is 8.04. The van der Waals surface area contributed by atoms with Crippen LogP contribution in [0.3, 0.4) is 0 Å². The van der Waals surface area contributed by atoms with Crippen molar-refractivity contribution < 1.29 is 9.53 Å². The molecule has 4 heteroatoms. The van der Waals surface area contributed by atoms with Gasteiger partial charge in [0.2, 0.25) is 0 Å². The van der Waals surface area contributed by atoms with Crippen LogP contribution in [0.2, 0.25) is 0 Å². The number of nitrogens with one attached hydrogen (secondary N) is 1. The molecule has 0 spiro atoms. The van der Waals surface area contributed by atoms with E-state index in [1.807, 2.05) is 32.0 Å². The summed E-state index contributed by atoms with van der Waals surface area (Å²) < 4.78 is 5.74. The molecule has 1 aromatic rings. The van der Waals surface area contributed by atoms with E-state index in [0.717, 1.165) is 24.3 Å². The van der Waals surface area contributed by atoms with Gasteiger partial charge in [-0.05, 0) is 37.3 Å². The maximum Gasteiger partial charge on any atom is 0.135 e. The van der Waals surface area contributed by atoms with E-state index in [1.165, 1.54) is 0 Å². The Morgan fingerprint density at radius 3 is 2.76 bits per heavy atom. The number of ether oxygens (including phenoxy) is 1. The molecule has 0 aliphatic rings. The standard InChI is InChI=1S/C17H27NO2S/c1-13(2)17(19)9-8-15-6-5-7-16(12-15)20-11-10-18-14(3)21-4/h5-7,12-14,18H,8-11H2,1-4H3. The van der Waals surface area contributed by atoms with E-state index in [1.54, 1.807) is 11.8 Å². The number of ketones is 1. The molecule has 0 aromatic heterocycles. The topological polar surface area (TPSA) is 38.3 Å². The largest absolute Gasteiger partial charge is 0.492 e. The van der Waals surface area contributed by atoms with Gasteiger partial charge in [0.15, 0.2) is 0 Å². The first-order valence-corrected chi connectivity index (χ1v) is 8.82. The molecule has 1 rings (SSSR count). The summed E-state index contributed by atoms with van der Waals surface area (Å²) in [5, 5.41) is 3.81. The molecule has 0 aliphatic carbocycles. The quantitative estimate of drug-likeness (QED) is 0.530. The molecule has 21 heavy (non-hydrogen) atoms. The molecule has 1 aromatic carbocycles. The van der Waals surface area contributed by atoms with Crippen LogP contribution >= 0.6 is 11.8 Å². The smallest absolute Gasteiger partial charge is 0.135 e. The summed E-state index contributed by atoms with van der Waals surface area (Å²) >= 11 is 1.79. The van der Waals surface area contributed by atoms with Crippen LogP contribution in [0.4, 0.5) is 0 Å². The number of Topliss-reactive ketones (excluding diaryl/α,β-unsaturated/α-hetero) is 1. The van der Waals surface area contributed by atoms with Crippen molar-refractivity contribution >= 4 is 17.5 Å². The summed E-state index contributed by atoms with van der Waals surface area (Å²) in [4.78, 5) is 11.7. The van der Waals surface area contributed by atoms with Crippen LogP contribution in [0.15, 0.2) is 24.3 Å². The van der Waals surface area contributed by atoms with Gasteiger partial charge >= 0.3 is 0 Å². The molecule has 0 saturated heterocycles. The number of aryl methyl sites for hydroxylation is 1. The van der Waals surface area contributed by atoms with Crippen molar-refractivity contribution in [1.29, 1.82) is 0 Å². The maximum atomic E-state index is 11.7. The number of hydrogen-bond donors (Lipinski definition) is 1. The second-order valence-corrected chi connectivity index (χ2v) is 6.63. The highest BCUT2D eigenvalue weighted by molar-refractivity contribution is 7.99. The Balaban J connectivity index is 2.36. The van der Waals surface area contributed by atoms with Gasteiger partial charge in [0, 0.05) is 18.9 Å². The van der Waals surface area contributed by atoms with E-state index in [2.05, 4.69) is 24.6 Å². The predicted molar refractivity (Wildman–Crippen MR) is 91.1 cm³/mol. The Morgan fingerprint density at radius 2 is 2.10 bits per heavy atom. The van der Waals surface area contributed by atoms with Crippen molar-refractivity contribution in [2.75, 3.05) is 19.4 Å². The van der Waals surface area contributed by atoms with Crippen molar-refractivity contribution in [1.82, 2.24) is 5.32 Å². The zero-order valence-electron chi connectivity index (χ0n) is 13.5. The number of hydrogen-bond acceptors (Lipinski definition) is 4. The Labute approximate surface area is 132 Å². The van der Waals surface area contributed by atoms with Crippen molar-refractivity contribution in [3.63, 3.8) is 0 Å². The monoisotopic (exact) mass is 309 g/mol. The lowest BCUT2D eigenvalue weighted by atomic mass is 10.0. The zero-order valence-corrected chi connectivity index (χ0v) is 14.3. The zero-order chi connectivity index (χ0) is 15.7. The first-order chi connectivity index (χ1) is 10.0. The third-order valence-corrected chi connectivity index (χ3v) is 4.23. The fourth-order valence-electron chi connectivity index (χ4n) is 1.86. The number of benzene rings is 1. The van der Waals surface area contributed by atoms with Gasteiger partial charge in [0.1, 0.15) is 18.1 Å². The Kier molecular flexibility index (Phi) is 8.47. The number of rotatable bonds is 10. The highest BCUT2D eigenvalue weighted by atomic mass is 32.2. The molecule has 0 amide bonds. The van der Waals surface area contributed by atoms with Gasteiger partial charge in [0.05, 0.1) is 5.37 Å². The summed E-state index contributed by atoms with van der Waals surface area (Å²) in [5.41, 5.74) is 1.16. The van der Waals surface area contributed by atoms with E-state index < -0.39 is 0 Å². The molecule has 0 bridgehead atoms. The van der Waals surface area contributed by atoms with Gasteiger partial charge in [-0.2, -0.15) is 0 Å². The first-order valence-electron chi connectivity index (χ1n) is 7.53. The fourth-order valence-corrected chi connectivity index (χ4v) is 2.15. The van der Waals surface area contributed by atoms with Crippen LogP contribution in [-0.4, -0.2) is 30.6 Å². The minimum absolute atomic E-state index is 0.119. The number of carbonyl (C=O) groups is 1. The maximum absolute atomic E-state index is 11.7. The number of thioether (sulfide) groups is 1. The molecule has 0 saturated carbocycles. The van der Waals surface area contributed by atoms with Gasteiger partial charge in [-0.25, -0.2) is 0 Å². The Hall–Kier alpha value is -1.00. The van der Waals surface area contributed by atoms with Crippen LogP contribution in [0.25, 0.3) is 0 Å². The molecular weight excluding hydrogens is 282 g/mol. The third kappa shape index (κ3) is 7.53. The fraction of sp³-hybridized carbons (Fsp3) is 0.588. The van der Waals surface area contributed by atoms with Crippen molar-refractivity contribution in [2.24, 2.45) is 5.92 Å². The molecular formula is C17H27NO2S. The van der Waals surface area contributed by atoms with Crippen molar-refractivity contribution in [2.45, 2.75) is 39.0 Å². The van der Waals surface area contributed by atoms with Crippen LogP contribution in [-0.2, 0) is 11.2 Å². The highest BCUT2D eigenvalue weighted by Gasteiger charge is 2.07. The van der Waals surface area contributed by atoms with E-state index in [0.29, 0.717) is 24.2 Å². The van der Waals surface area contributed by atoms with Gasteiger partial charge in [-0.3, -0.25) is 4.79 Å². The predicted octanol–water partition coefficient (Wildman–Crippen LogP) is 3.52. The average molecular weight is 309 g/mol. The highest BCUT2D eigenvalue weighted by Crippen LogP contribution is 2.15. The van der Waals surface area contributed by atoms with E-state index in [4.69, 9.17) is 4.74 Å². The lowest BCUT2D eigenvalue weighted by Gasteiger charge is -2.12. The summed E-state index contributed by atoms with van der Waals surface area (Å²) in [7, 11) is 0. The summed E-state index contributed by atoms with van der Waals surface area (Å²) in [6.45, 7) is 7.52. The molecule has 1 unspecified atom stereocenters. The van der Waals surface area contributed by atoms with Gasteiger partial charge in [-0.1, -0.05) is 26.0 Å². The van der Waals surface area contributed by atoms with Gasteiger partial charge in [-0.15, -0.1) is 11.8 Å². The number of carbonyl (C=O) groups excluding carboxylic acids is 1. The molecule has 0 aliphatic heterocycles. The minimum Gasteiger partial charge on any atom is -0.492 e. The normalized spacial score (nSPS) is 12.4. The van der Waals surface area contributed by atoms with Crippen LogP contribution in [0.5, 0.6) is 5.75 Å².